The molecule has 0 aliphatic heterocycles. The standard InChI is InChI=1S/C12H16ClNO4/c1-17-7-10(12(15)16)14-6-8-9(13)4-3-5-11(8)18-2/h3-5,10,14H,6-7H2,1-2H3,(H,15,16). The first-order chi connectivity index (χ1) is 8.60. The molecule has 0 fully saturated rings. The van der Waals surface area contributed by atoms with E-state index in [-0.39, 0.29) is 6.61 Å². The Labute approximate surface area is 111 Å². The van der Waals surface area contributed by atoms with Gasteiger partial charge in [0.05, 0.1) is 13.7 Å². The fraction of sp³-hybridized carbons (Fsp3) is 0.417. The lowest BCUT2D eigenvalue weighted by Crippen LogP contribution is -2.39. The Morgan fingerprint density at radius 3 is 2.78 bits per heavy atom. The van der Waals surface area contributed by atoms with Crippen molar-refractivity contribution < 1.29 is 19.4 Å². The lowest BCUT2D eigenvalue weighted by molar-refractivity contribution is -0.140. The van der Waals surface area contributed by atoms with E-state index in [0.29, 0.717) is 17.3 Å². The third kappa shape index (κ3) is 3.87. The molecule has 1 aromatic rings. The summed E-state index contributed by atoms with van der Waals surface area (Å²) in [4.78, 5) is 10.9. The topological polar surface area (TPSA) is 67.8 Å². The molecular weight excluding hydrogens is 258 g/mol. The summed E-state index contributed by atoms with van der Waals surface area (Å²) in [6, 6.07) is 4.49. The largest absolute Gasteiger partial charge is 0.496 e. The normalized spacial score (nSPS) is 12.2. The van der Waals surface area contributed by atoms with Gasteiger partial charge in [0.2, 0.25) is 0 Å². The van der Waals surface area contributed by atoms with E-state index in [1.54, 1.807) is 25.3 Å². The number of methoxy groups -OCH3 is 2. The number of carboxylic acid groups (broad SMARTS) is 1. The first-order valence-electron chi connectivity index (χ1n) is 5.36. The van der Waals surface area contributed by atoms with Crippen LogP contribution in [0.3, 0.4) is 0 Å². The molecule has 0 aliphatic rings. The minimum Gasteiger partial charge on any atom is -0.496 e. The van der Waals surface area contributed by atoms with Crippen molar-refractivity contribution in [2.75, 3.05) is 20.8 Å². The van der Waals surface area contributed by atoms with Crippen LogP contribution in [0.15, 0.2) is 18.2 Å². The van der Waals surface area contributed by atoms with Crippen molar-refractivity contribution in [3.8, 4) is 5.75 Å². The van der Waals surface area contributed by atoms with Gasteiger partial charge in [-0.15, -0.1) is 0 Å². The van der Waals surface area contributed by atoms with Crippen molar-refractivity contribution in [3.05, 3.63) is 28.8 Å². The van der Waals surface area contributed by atoms with Crippen LogP contribution in [0.2, 0.25) is 5.02 Å². The van der Waals surface area contributed by atoms with Crippen molar-refractivity contribution in [1.82, 2.24) is 5.32 Å². The molecule has 1 aromatic carbocycles. The van der Waals surface area contributed by atoms with Gasteiger partial charge in [-0.05, 0) is 12.1 Å². The molecule has 5 nitrogen and oxygen atoms in total. The molecule has 0 saturated carbocycles. The van der Waals surface area contributed by atoms with Gasteiger partial charge in [0, 0.05) is 24.2 Å². The summed E-state index contributed by atoms with van der Waals surface area (Å²) in [7, 11) is 2.99. The Bertz CT molecular complexity index is 411. The van der Waals surface area contributed by atoms with Crippen LogP contribution in [0.25, 0.3) is 0 Å². The second-order valence-corrected chi connectivity index (χ2v) is 4.05. The Balaban J connectivity index is 2.75. The molecule has 0 radical (unpaired) electrons. The van der Waals surface area contributed by atoms with Crippen LogP contribution >= 0.6 is 11.6 Å². The summed E-state index contributed by atoms with van der Waals surface area (Å²) in [6.07, 6.45) is 0. The van der Waals surface area contributed by atoms with Crippen molar-refractivity contribution in [2.24, 2.45) is 0 Å². The number of hydrogen-bond acceptors (Lipinski definition) is 4. The fourth-order valence-corrected chi connectivity index (χ4v) is 1.74. The van der Waals surface area contributed by atoms with E-state index in [2.05, 4.69) is 5.32 Å². The van der Waals surface area contributed by atoms with Crippen molar-refractivity contribution in [1.29, 1.82) is 0 Å². The number of rotatable bonds is 7. The zero-order valence-corrected chi connectivity index (χ0v) is 11.0. The third-order valence-corrected chi connectivity index (χ3v) is 2.81. The lowest BCUT2D eigenvalue weighted by atomic mass is 10.2. The summed E-state index contributed by atoms with van der Waals surface area (Å²) >= 11 is 6.05. The van der Waals surface area contributed by atoms with Gasteiger partial charge in [-0.1, -0.05) is 17.7 Å². The van der Waals surface area contributed by atoms with Gasteiger partial charge in [0.15, 0.2) is 0 Å². The van der Waals surface area contributed by atoms with E-state index in [4.69, 9.17) is 26.2 Å². The molecule has 0 aliphatic carbocycles. The van der Waals surface area contributed by atoms with Gasteiger partial charge in [-0.3, -0.25) is 10.1 Å². The van der Waals surface area contributed by atoms with Gasteiger partial charge in [0.1, 0.15) is 11.8 Å². The summed E-state index contributed by atoms with van der Waals surface area (Å²) in [5.74, 6) is -0.348. The maximum absolute atomic E-state index is 10.9. The van der Waals surface area contributed by atoms with Crippen LogP contribution in [0.5, 0.6) is 5.75 Å². The SMILES string of the molecule is COCC(NCc1c(Cl)cccc1OC)C(=O)O. The van der Waals surface area contributed by atoms with E-state index in [9.17, 15) is 4.79 Å². The molecule has 0 spiro atoms. The molecule has 1 rings (SSSR count). The number of nitrogens with one attached hydrogen (secondary N) is 1. The third-order valence-electron chi connectivity index (χ3n) is 2.45. The number of hydrogen-bond donors (Lipinski definition) is 2. The van der Waals surface area contributed by atoms with Crippen LogP contribution in [0.1, 0.15) is 5.56 Å². The van der Waals surface area contributed by atoms with Crippen molar-refractivity contribution >= 4 is 17.6 Å². The average molecular weight is 274 g/mol. The molecule has 0 heterocycles. The highest BCUT2D eigenvalue weighted by Gasteiger charge is 2.17. The Morgan fingerprint density at radius 2 is 2.22 bits per heavy atom. The molecule has 100 valence electrons. The highest BCUT2D eigenvalue weighted by molar-refractivity contribution is 6.31. The summed E-state index contributed by atoms with van der Waals surface area (Å²) < 4.78 is 10.0. The molecule has 1 unspecified atom stereocenters. The van der Waals surface area contributed by atoms with Crippen molar-refractivity contribution in [2.45, 2.75) is 12.6 Å². The molecule has 0 bridgehead atoms. The van der Waals surface area contributed by atoms with Gasteiger partial charge < -0.3 is 14.6 Å². The van der Waals surface area contributed by atoms with Gasteiger partial charge in [0.25, 0.3) is 0 Å². The predicted molar refractivity (Wildman–Crippen MR) is 68.1 cm³/mol. The molecule has 6 heteroatoms. The van der Waals surface area contributed by atoms with Gasteiger partial charge >= 0.3 is 5.97 Å². The molecule has 0 amide bonds. The van der Waals surface area contributed by atoms with Crippen LogP contribution < -0.4 is 10.1 Å². The van der Waals surface area contributed by atoms with E-state index in [1.165, 1.54) is 7.11 Å². The van der Waals surface area contributed by atoms with Crippen LogP contribution in [0, 0.1) is 0 Å². The van der Waals surface area contributed by atoms with E-state index in [1.807, 2.05) is 0 Å². The molecular formula is C12H16ClNO4. The van der Waals surface area contributed by atoms with Gasteiger partial charge in [-0.2, -0.15) is 0 Å². The molecule has 2 N–H and O–H groups in total. The maximum atomic E-state index is 10.9. The zero-order chi connectivity index (χ0) is 13.5. The average Bonchev–Trinajstić information content (AvgIpc) is 2.35. The highest BCUT2D eigenvalue weighted by Crippen LogP contribution is 2.25. The number of carbonyl (C=O) groups is 1. The monoisotopic (exact) mass is 273 g/mol. The van der Waals surface area contributed by atoms with E-state index >= 15 is 0 Å². The summed E-state index contributed by atoms with van der Waals surface area (Å²) in [6.45, 7) is 0.380. The number of carboxylic acids is 1. The number of ether oxygens (including phenoxy) is 2. The lowest BCUT2D eigenvalue weighted by Gasteiger charge is -2.15. The molecule has 0 saturated heterocycles. The second kappa shape index (κ2) is 7.20. The van der Waals surface area contributed by atoms with Gasteiger partial charge in [-0.25, -0.2) is 0 Å². The zero-order valence-electron chi connectivity index (χ0n) is 10.3. The van der Waals surface area contributed by atoms with E-state index in [0.717, 1.165) is 5.56 Å². The highest BCUT2D eigenvalue weighted by atomic mass is 35.5. The Hall–Kier alpha value is -1.30. The summed E-state index contributed by atoms with van der Waals surface area (Å²) in [5.41, 5.74) is 0.726. The molecule has 1 atom stereocenters. The maximum Gasteiger partial charge on any atom is 0.323 e. The first-order valence-corrected chi connectivity index (χ1v) is 5.74. The van der Waals surface area contributed by atoms with Crippen LogP contribution in [-0.4, -0.2) is 37.9 Å². The number of aliphatic carboxylic acids is 1. The fourth-order valence-electron chi connectivity index (χ4n) is 1.51. The molecule has 18 heavy (non-hydrogen) atoms. The van der Waals surface area contributed by atoms with Crippen LogP contribution in [-0.2, 0) is 16.1 Å². The smallest absolute Gasteiger partial charge is 0.323 e. The summed E-state index contributed by atoms with van der Waals surface area (Å²) in [5, 5.41) is 12.4. The predicted octanol–water partition coefficient (Wildman–Crippen LogP) is 1.54. The number of benzene rings is 1. The van der Waals surface area contributed by atoms with Crippen LogP contribution in [0.4, 0.5) is 0 Å². The molecule has 0 aromatic heterocycles. The van der Waals surface area contributed by atoms with Crippen molar-refractivity contribution in [3.63, 3.8) is 0 Å². The first kappa shape index (κ1) is 14.8. The minimum atomic E-state index is -0.970. The minimum absolute atomic E-state index is 0.0854. The Kier molecular flexibility index (Phi) is 5.91. The number of halogens is 1. The quantitative estimate of drug-likeness (QED) is 0.789. The second-order valence-electron chi connectivity index (χ2n) is 3.65. The Morgan fingerprint density at radius 1 is 1.50 bits per heavy atom. The van der Waals surface area contributed by atoms with E-state index < -0.39 is 12.0 Å².